The lowest BCUT2D eigenvalue weighted by molar-refractivity contribution is -0.385. The van der Waals surface area contributed by atoms with Gasteiger partial charge in [-0.05, 0) is 35.4 Å². The Labute approximate surface area is 133 Å². The van der Waals surface area contributed by atoms with Crippen LogP contribution in [0.1, 0.15) is 11.3 Å². The van der Waals surface area contributed by atoms with E-state index in [2.05, 4.69) is 9.97 Å². The van der Waals surface area contributed by atoms with Crippen LogP contribution < -0.4 is 0 Å². The largest absolute Gasteiger partial charge is 0.331 e. The van der Waals surface area contributed by atoms with E-state index in [-0.39, 0.29) is 21.8 Å². The number of rotatable bonds is 4. The van der Waals surface area contributed by atoms with Crippen molar-refractivity contribution in [2.24, 2.45) is 0 Å². The lowest BCUT2D eigenvalue weighted by atomic mass is 10.2. The number of non-ortho nitro benzene ring substituents is 1. The minimum absolute atomic E-state index is 0.0590. The summed E-state index contributed by atoms with van der Waals surface area (Å²) >= 11 is 11.3. The van der Waals surface area contributed by atoms with Crippen molar-refractivity contribution in [1.29, 1.82) is 0 Å². The molecule has 0 fully saturated rings. The van der Waals surface area contributed by atoms with Crippen molar-refractivity contribution in [3.8, 4) is 0 Å². The fourth-order valence-corrected chi connectivity index (χ4v) is 2.05. The van der Waals surface area contributed by atoms with Gasteiger partial charge in [-0.15, -0.1) is 0 Å². The topological polar surface area (TPSA) is 112 Å². The van der Waals surface area contributed by atoms with E-state index in [4.69, 9.17) is 23.2 Å². The maximum atomic E-state index is 11.0. The molecule has 0 bridgehead atoms. The Bertz CT molecular complexity index is 777. The first-order chi connectivity index (χ1) is 10.4. The summed E-state index contributed by atoms with van der Waals surface area (Å²) in [4.78, 5) is 27.5. The molecule has 0 aliphatic rings. The lowest BCUT2D eigenvalue weighted by Crippen LogP contribution is -1.98. The molecule has 2 aromatic rings. The van der Waals surface area contributed by atoms with Gasteiger partial charge in [0.05, 0.1) is 9.85 Å². The molecule has 2 rings (SSSR count). The van der Waals surface area contributed by atoms with Gasteiger partial charge in [-0.1, -0.05) is 17.7 Å². The van der Waals surface area contributed by atoms with Gasteiger partial charge in [0.25, 0.3) is 5.69 Å². The molecule has 0 unspecified atom stereocenters. The SMILES string of the molecule is O=[N+]([O-])c1ccc(C=Cc2nc(Cl)nc(Cl)c2[N+](=O)[O-])cc1. The van der Waals surface area contributed by atoms with E-state index in [1.54, 1.807) is 0 Å². The third kappa shape index (κ3) is 3.54. The minimum Gasteiger partial charge on any atom is -0.258 e. The van der Waals surface area contributed by atoms with Gasteiger partial charge in [-0.2, -0.15) is 4.98 Å². The van der Waals surface area contributed by atoms with Gasteiger partial charge >= 0.3 is 5.69 Å². The van der Waals surface area contributed by atoms with Crippen LogP contribution in [0.2, 0.25) is 10.4 Å². The standard InChI is InChI=1S/C12H6Cl2N4O4/c13-11-10(18(21)22)9(15-12(14)16-11)6-3-7-1-4-8(5-2-7)17(19)20/h1-6H. The summed E-state index contributed by atoms with van der Waals surface area (Å²) in [7, 11) is 0. The maximum absolute atomic E-state index is 11.0. The zero-order chi connectivity index (χ0) is 16.3. The summed E-state index contributed by atoms with van der Waals surface area (Å²) in [6, 6.07) is 5.61. The van der Waals surface area contributed by atoms with E-state index in [0.717, 1.165) is 0 Å². The van der Waals surface area contributed by atoms with Crippen molar-refractivity contribution >= 4 is 46.7 Å². The molecule has 0 amide bonds. The second-order valence-corrected chi connectivity index (χ2v) is 4.65. The third-order valence-corrected chi connectivity index (χ3v) is 2.99. The fourth-order valence-electron chi connectivity index (χ4n) is 1.58. The molecule has 0 saturated heterocycles. The highest BCUT2D eigenvalue weighted by Gasteiger charge is 2.21. The van der Waals surface area contributed by atoms with Crippen LogP contribution in [0.3, 0.4) is 0 Å². The molecule has 0 aliphatic heterocycles. The smallest absolute Gasteiger partial charge is 0.258 e. The van der Waals surface area contributed by atoms with Gasteiger partial charge in [-0.25, -0.2) is 4.98 Å². The Morgan fingerprint density at radius 3 is 2.14 bits per heavy atom. The van der Waals surface area contributed by atoms with Gasteiger partial charge in [0.15, 0.2) is 0 Å². The van der Waals surface area contributed by atoms with Crippen LogP contribution in [-0.4, -0.2) is 19.8 Å². The highest BCUT2D eigenvalue weighted by Crippen LogP contribution is 2.28. The van der Waals surface area contributed by atoms with E-state index < -0.39 is 15.5 Å². The number of nitro groups is 2. The quantitative estimate of drug-likeness (QED) is 0.362. The third-order valence-electron chi connectivity index (χ3n) is 2.56. The zero-order valence-corrected chi connectivity index (χ0v) is 12.2. The van der Waals surface area contributed by atoms with Crippen LogP contribution >= 0.6 is 23.2 Å². The van der Waals surface area contributed by atoms with Gasteiger partial charge in [0.1, 0.15) is 5.69 Å². The van der Waals surface area contributed by atoms with E-state index >= 15 is 0 Å². The summed E-state index contributed by atoms with van der Waals surface area (Å²) in [5.41, 5.74) is -0.000378. The first kappa shape index (κ1) is 15.8. The fraction of sp³-hybridized carbons (Fsp3) is 0. The van der Waals surface area contributed by atoms with Crippen LogP contribution in [0.15, 0.2) is 24.3 Å². The molecule has 0 N–H and O–H groups in total. The number of benzene rings is 1. The Morgan fingerprint density at radius 2 is 1.59 bits per heavy atom. The second-order valence-electron chi connectivity index (χ2n) is 3.96. The number of halogens is 2. The first-order valence-electron chi connectivity index (χ1n) is 5.68. The normalized spacial score (nSPS) is 10.8. The van der Waals surface area contributed by atoms with E-state index in [1.165, 1.54) is 36.4 Å². The van der Waals surface area contributed by atoms with Gasteiger partial charge in [0.2, 0.25) is 10.4 Å². The van der Waals surface area contributed by atoms with Crippen LogP contribution in [-0.2, 0) is 0 Å². The molecule has 1 heterocycles. The predicted molar refractivity (Wildman–Crippen MR) is 80.7 cm³/mol. The van der Waals surface area contributed by atoms with Crippen LogP contribution in [0, 0.1) is 20.2 Å². The van der Waals surface area contributed by atoms with E-state index in [9.17, 15) is 20.2 Å². The first-order valence-corrected chi connectivity index (χ1v) is 6.44. The second kappa shape index (κ2) is 6.46. The Balaban J connectivity index is 2.37. The van der Waals surface area contributed by atoms with Crippen molar-refractivity contribution in [1.82, 2.24) is 9.97 Å². The van der Waals surface area contributed by atoms with Crippen molar-refractivity contribution in [2.75, 3.05) is 0 Å². The number of nitrogens with zero attached hydrogens (tertiary/aromatic N) is 4. The average Bonchev–Trinajstić information content (AvgIpc) is 2.44. The summed E-state index contributed by atoms with van der Waals surface area (Å²) in [5.74, 6) is 0. The summed E-state index contributed by atoms with van der Waals surface area (Å²) in [6.45, 7) is 0. The molecule has 0 spiro atoms. The number of nitro benzene ring substituents is 1. The summed E-state index contributed by atoms with van der Waals surface area (Å²) < 4.78 is 0. The van der Waals surface area contributed by atoms with Crippen LogP contribution in [0.4, 0.5) is 11.4 Å². The molecule has 22 heavy (non-hydrogen) atoms. The van der Waals surface area contributed by atoms with Crippen molar-refractivity contribution in [3.63, 3.8) is 0 Å². The van der Waals surface area contributed by atoms with Crippen molar-refractivity contribution in [2.45, 2.75) is 0 Å². The zero-order valence-electron chi connectivity index (χ0n) is 10.6. The maximum Gasteiger partial charge on any atom is 0.331 e. The molecule has 10 heteroatoms. The molecule has 0 atom stereocenters. The van der Waals surface area contributed by atoms with Gasteiger partial charge < -0.3 is 0 Å². The molecular weight excluding hydrogens is 335 g/mol. The van der Waals surface area contributed by atoms with Crippen molar-refractivity contribution < 1.29 is 9.85 Å². The molecule has 0 saturated carbocycles. The average molecular weight is 341 g/mol. The molecule has 0 radical (unpaired) electrons. The Kier molecular flexibility index (Phi) is 4.64. The van der Waals surface area contributed by atoms with E-state index in [0.29, 0.717) is 5.56 Å². The molecule has 8 nitrogen and oxygen atoms in total. The van der Waals surface area contributed by atoms with Gasteiger partial charge in [-0.3, -0.25) is 20.2 Å². The van der Waals surface area contributed by atoms with Crippen LogP contribution in [0.25, 0.3) is 12.2 Å². The van der Waals surface area contributed by atoms with E-state index in [1.807, 2.05) is 0 Å². The Morgan fingerprint density at radius 1 is 0.955 bits per heavy atom. The summed E-state index contributed by atoms with van der Waals surface area (Å²) in [6.07, 6.45) is 2.82. The van der Waals surface area contributed by atoms with Crippen LogP contribution in [0.5, 0.6) is 0 Å². The molecule has 1 aromatic carbocycles. The lowest BCUT2D eigenvalue weighted by Gasteiger charge is -1.99. The molecular formula is C12H6Cl2N4O4. The number of hydrogen-bond donors (Lipinski definition) is 0. The molecule has 0 aliphatic carbocycles. The highest BCUT2D eigenvalue weighted by atomic mass is 35.5. The highest BCUT2D eigenvalue weighted by molar-refractivity contribution is 6.33. The predicted octanol–water partition coefficient (Wildman–Crippen LogP) is 3.77. The Hall–Kier alpha value is -2.58. The summed E-state index contributed by atoms with van der Waals surface area (Å²) in [5, 5.41) is 20.9. The van der Waals surface area contributed by atoms with Crippen molar-refractivity contribution in [3.05, 3.63) is 66.2 Å². The number of aromatic nitrogens is 2. The number of hydrogen-bond acceptors (Lipinski definition) is 6. The molecule has 112 valence electrons. The monoisotopic (exact) mass is 340 g/mol. The molecule has 1 aromatic heterocycles. The van der Waals surface area contributed by atoms with Gasteiger partial charge in [0, 0.05) is 12.1 Å². The minimum atomic E-state index is -0.714.